The smallest absolute Gasteiger partial charge is 0.292 e. The lowest BCUT2D eigenvalue weighted by atomic mass is 10.1. The van der Waals surface area contributed by atoms with Gasteiger partial charge in [0.2, 0.25) is 8.32 Å². The topological polar surface area (TPSA) is 26.3 Å². The van der Waals surface area contributed by atoms with Crippen LogP contribution in [-0.2, 0) is 9.22 Å². The molecule has 0 bridgehead atoms. The minimum Gasteiger partial charge on any atom is -0.520 e. The highest BCUT2D eigenvalue weighted by molar-refractivity contribution is 6.71. The largest absolute Gasteiger partial charge is 0.520 e. The number of hydrogen-bond donors (Lipinski definition) is 0. The zero-order chi connectivity index (χ0) is 11.7. The Hall–Kier alpha value is -0.313. The fourth-order valence-corrected chi connectivity index (χ4v) is 2.23. The summed E-state index contributed by atoms with van der Waals surface area (Å²) >= 11 is 0. The van der Waals surface area contributed by atoms with E-state index in [0.29, 0.717) is 6.42 Å². The van der Waals surface area contributed by atoms with Gasteiger partial charge in [-0.2, -0.15) is 0 Å². The lowest BCUT2D eigenvalue weighted by Gasteiger charge is -2.17. The summed E-state index contributed by atoms with van der Waals surface area (Å²) < 4.78 is 5.37. The van der Waals surface area contributed by atoms with E-state index >= 15 is 0 Å². The molecule has 0 aliphatic carbocycles. The fraction of sp³-hybridized carbons (Fsp3) is 0.917. The van der Waals surface area contributed by atoms with Gasteiger partial charge >= 0.3 is 0 Å². The van der Waals surface area contributed by atoms with Crippen molar-refractivity contribution in [3.05, 3.63) is 0 Å². The molecule has 0 N–H and O–H groups in total. The van der Waals surface area contributed by atoms with Crippen LogP contribution in [0, 0.1) is 0 Å². The molecule has 0 aromatic rings. The van der Waals surface area contributed by atoms with E-state index in [1.54, 1.807) is 0 Å². The normalized spacial score (nSPS) is 11.5. The maximum atomic E-state index is 11.4. The molecule has 0 saturated heterocycles. The van der Waals surface area contributed by atoms with Crippen molar-refractivity contribution in [3.63, 3.8) is 0 Å². The van der Waals surface area contributed by atoms with Crippen LogP contribution in [0.25, 0.3) is 0 Å². The third-order valence-corrected chi connectivity index (χ3v) is 2.99. The predicted molar refractivity (Wildman–Crippen MR) is 67.4 cm³/mol. The summed E-state index contributed by atoms with van der Waals surface area (Å²) in [6.07, 6.45) is 7.93. The number of rotatable bonds is 8. The minimum atomic E-state index is -1.65. The highest BCUT2D eigenvalue weighted by atomic mass is 28.4. The lowest BCUT2D eigenvalue weighted by Crippen LogP contribution is -2.28. The van der Waals surface area contributed by atoms with Crippen LogP contribution in [0.3, 0.4) is 0 Å². The Morgan fingerprint density at radius 3 is 2.07 bits per heavy atom. The monoisotopic (exact) mass is 230 g/mol. The van der Waals surface area contributed by atoms with E-state index in [2.05, 4.69) is 6.92 Å². The van der Waals surface area contributed by atoms with E-state index < -0.39 is 8.32 Å². The molecule has 0 saturated carbocycles. The molecule has 0 radical (unpaired) electrons. The second-order valence-electron chi connectivity index (χ2n) is 5.10. The summed E-state index contributed by atoms with van der Waals surface area (Å²) in [6.45, 7) is 8.36. The van der Waals surface area contributed by atoms with Crippen molar-refractivity contribution in [3.8, 4) is 0 Å². The standard InChI is InChI=1S/C12H26O2Si/c1-5-6-7-8-9-10-11-12(13)14-15(2,3)4/h5-11H2,1-4H3. The highest BCUT2D eigenvalue weighted by Gasteiger charge is 2.19. The Morgan fingerprint density at radius 2 is 1.53 bits per heavy atom. The van der Waals surface area contributed by atoms with E-state index in [1.807, 2.05) is 19.6 Å². The molecule has 0 aliphatic heterocycles. The molecule has 0 rings (SSSR count). The molecule has 3 heteroatoms. The van der Waals surface area contributed by atoms with E-state index in [9.17, 15) is 4.79 Å². The zero-order valence-electron chi connectivity index (χ0n) is 10.8. The molecule has 0 aromatic heterocycles. The average Bonchev–Trinajstić information content (AvgIpc) is 2.08. The first-order chi connectivity index (χ1) is 6.95. The molecule has 0 amide bonds. The third kappa shape index (κ3) is 11.6. The summed E-state index contributed by atoms with van der Waals surface area (Å²) in [7, 11) is -1.65. The maximum Gasteiger partial charge on any atom is 0.292 e. The summed E-state index contributed by atoms with van der Waals surface area (Å²) in [5.41, 5.74) is 0. The molecule has 0 spiro atoms. The number of hydrogen-bond acceptors (Lipinski definition) is 2. The summed E-state index contributed by atoms with van der Waals surface area (Å²) in [5.74, 6) is 0.00431. The van der Waals surface area contributed by atoms with Crippen molar-refractivity contribution in [2.45, 2.75) is 71.5 Å². The molecule has 0 aliphatic rings. The first kappa shape index (κ1) is 14.7. The van der Waals surface area contributed by atoms with Crippen LogP contribution in [0.2, 0.25) is 19.6 Å². The predicted octanol–water partition coefficient (Wildman–Crippen LogP) is 4.12. The van der Waals surface area contributed by atoms with Gasteiger partial charge in [-0.15, -0.1) is 0 Å². The molecule has 0 unspecified atom stereocenters. The summed E-state index contributed by atoms with van der Waals surface area (Å²) in [4.78, 5) is 11.4. The van der Waals surface area contributed by atoms with Crippen molar-refractivity contribution in [1.29, 1.82) is 0 Å². The second kappa shape index (κ2) is 7.91. The Balaban J connectivity index is 3.32. The fourth-order valence-electron chi connectivity index (χ4n) is 1.44. The van der Waals surface area contributed by atoms with Gasteiger partial charge in [-0.25, -0.2) is 0 Å². The Kier molecular flexibility index (Phi) is 7.75. The van der Waals surface area contributed by atoms with Crippen LogP contribution in [0.5, 0.6) is 0 Å². The lowest BCUT2D eigenvalue weighted by molar-refractivity contribution is -0.135. The molecule has 15 heavy (non-hydrogen) atoms. The zero-order valence-corrected chi connectivity index (χ0v) is 11.8. The van der Waals surface area contributed by atoms with Crippen LogP contribution in [0.1, 0.15) is 51.9 Å². The van der Waals surface area contributed by atoms with E-state index in [0.717, 1.165) is 6.42 Å². The minimum absolute atomic E-state index is 0.00431. The SMILES string of the molecule is CCCCCCCCC(=O)O[Si](C)(C)C. The van der Waals surface area contributed by atoms with Gasteiger partial charge in [0, 0.05) is 6.42 Å². The van der Waals surface area contributed by atoms with Crippen molar-refractivity contribution in [2.24, 2.45) is 0 Å². The first-order valence-corrected chi connectivity index (χ1v) is 9.58. The Labute approximate surface area is 95.5 Å². The van der Waals surface area contributed by atoms with Gasteiger partial charge in [0.1, 0.15) is 0 Å². The molecular weight excluding hydrogens is 204 g/mol. The van der Waals surface area contributed by atoms with Crippen LogP contribution >= 0.6 is 0 Å². The van der Waals surface area contributed by atoms with Gasteiger partial charge in [0.15, 0.2) is 0 Å². The van der Waals surface area contributed by atoms with Gasteiger partial charge in [0.25, 0.3) is 5.97 Å². The van der Waals surface area contributed by atoms with Gasteiger partial charge < -0.3 is 4.43 Å². The highest BCUT2D eigenvalue weighted by Crippen LogP contribution is 2.10. The Morgan fingerprint density at radius 1 is 1.00 bits per heavy atom. The van der Waals surface area contributed by atoms with Crippen LogP contribution < -0.4 is 0 Å². The van der Waals surface area contributed by atoms with Gasteiger partial charge in [-0.05, 0) is 26.1 Å². The molecule has 0 atom stereocenters. The van der Waals surface area contributed by atoms with Crippen LogP contribution in [-0.4, -0.2) is 14.3 Å². The molecular formula is C12H26O2Si. The summed E-state index contributed by atoms with van der Waals surface area (Å²) in [6, 6.07) is 0. The van der Waals surface area contributed by atoms with Crippen LogP contribution in [0.15, 0.2) is 0 Å². The Bertz CT molecular complexity index is 173. The number of carbonyl (C=O) groups excluding carboxylic acids is 1. The van der Waals surface area contributed by atoms with E-state index in [1.165, 1.54) is 32.1 Å². The average molecular weight is 230 g/mol. The van der Waals surface area contributed by atoms with Gasteiger partial charge in [0.05, 0.1) is 0 Å². The van der Waals surface area contributed by atoms with Crippen molar-refractivity contribution in [1.82, 2.24) is 0 Å². The molecule has 90 valence electrons. The van der Waals surface area contributed by atoms with Crippen LogP contribution in [0.4, 0.5) is 0 Å². The first-order valence-electron chi connectivity index (χ1n) is 6.17. The molecule has 0 fully saturated rings. The molecule has 0 heterocycles. The number of carbonyl (C=O) groups is 1. The van der Waals surface area contributed by atoms with Crippen molar-refractivity contribution >= 4 is 14.3 Å². The quantitative estimate of drug-likeness (QED) is 0.463. The third-order valence-electron chi connectivity index (χ3n) is 2.15. The van der Waals surface area contributed by atoms with Gasteiger partial charge in [-0.3, -0.25) is 4.79 Å². The second-order valence-corrected chi connectivity index (χ2v) is 9.53. The van der Waals surface area contributed by atoms with Crippen molar-refractivity contribution in [2.75, 3.05) is 0 Å². The molecule has 2 nitrogen and oxygen atoms in total. The van der Waals surface area contributed by atoms with E-state index in [-0.39, 0.29) is 5.97 Å². The van der Waals surface area contributed by atoms with Crippen molar-refractivity contribution < 1.29 is 9.22 Å². The molecule has 0 aromatic carbocycles. The number of unbranched alkanes of at least 4 members (excludes halogenated alkanes) is 5. The summed E-state index contributed by atoms with van der Waals surface area (Å²) in [5, 5.41) is 0. The maximum absolute atomic E-state index is 11.4. The van der Waals surface area contributed by atoms with Gasteiger partial charge in [-0.1, -0.05) is 39.0 Å². The van der Waals surface area contributed by atoms with E-state index in [4.69, 9.17) is 4.43 Å².